The van der Waals surface area contributed by atoms with Gasteiger partial charge in [-0.3, -0.25) is 0 Å². The van der Waals surface area contributed by atoms with Crippen molar-refractivity contribution in [3.63, 3.8) is 0 Å². The Bertz CT molecular complexity index is 988. The first-order valence-corrected chi connectivity index (χ1v) is 10.1. The molecule has 3 aromatic carbocycles. The minimum atomic E-state index is -0.571. The van der Waals surface area contributed by atoms with Crippen LogP contribution in [0.5, 0.6) is 0 Å². The average Bonchev–Trinajstić information content (AvgIpc) is 3.31. The van der Waals surface area contributed by atoms with E-state index in [-0.39, 0.29) is 17.9 Å². The van der Waals surface area contributed by atoms with Gasteiger partial charge in [0.15, 0.2) is 0 Å². The van der Waals surface area contributed by atoms with Crippen LogP contribution in [0.3, 0.4) is 0 Å². The number of hydrogen-bond donors (Lipinski definition) is 1. The molecular weight excluding hydrogens is 362 g/mol. The zero-order valence-electron chi connectivity index (χ0n) is 16.1. The Kier molecular flexibility index (Phi) is 4.57. The number of aliphatic hydroxyl groups excluding tert-OH is 1. The SMILES string of the molecule is O=C(OCC1c2ccccc2-c2ccccc21)N1C[C@@H](O)[C@H](c2ccccc2)C1. The van der Waals surface area contributed by atoms with Crippen molar-refractivity contribution < 1.29 is 14.6 Å². The molecule has 4 heteroatoms. The molecule has 3 aromatic rings. The second-order valence-corrected chi connectivity index (χ2v) is 7.79. The zero-order chi connectivity index (χ0) is 19.8. The molecule has 4 nitrogen and oxygen atoms in total. The quantitative estimate of drug-likeness (QED) is 0.727. The van der Waals surface area contributed by atoms with E-state index in [0.717, 1.165) is 5.56 Å². The van der Waals surface area contributed by atoms with Gasteiger partial charge < -0.3 is 14.7 Å². The molecular formula is C25H23NO3. The summed E-state index contributed by atoms with van der Waals surface area (Å²) in [5.74, 6) is -0.0273. The van der Waals surface area contributed by atoms with E-state index in [4.69, 9.17) is 4.74 Å². The lowest BCUT2D eigenvalue weighted by molar-refractivity contribution is 0.100. The number of ether oxygens (including phenoxy) is 1. The van der Waals surface area contributed by atoms with Gasteiger partial charge in [-0.2, -0.15) is 0 Å². The Labute approximate surface area is 170 Å². The molecule has 1 N–H and O–H groups in total. The molecule has 0 radical (unpaired) electrons. The van der Waals surface area contributed by atoms with Crippen molar-refractivity contribution in [2.24, 2.45) is 0 Å². The molecule has 2 atom stereocenters. The van der Waals surface area contributed by atoms with E-state index in [0.29, 0.717) is 19.7 Å². The number of carbonyl (C=O) groups excluding carboxylic acids is 1. The Morgan fingerprint density at radius 2 is 1.45 bits per heavy atom. The molecule has 1 aliphatic heterocycles. The van der Waals surface area contributed by atoms with Crippen LogP contribution in [0.1, 0.15) is 28.5 Å². The lowest BCUT2D eigenvalue weighted by Crippen LogP contribution is -2.31. The van der Waals surface area contributed by atoms with Gasteiger partial charge in [0.1, 0.15) is 6.61 Å². The number of nitrogens with zero attached hydrogens (tertiary/aromatic N) is 1. The smallest absolute Gasteiger partial charge is 0.409 e. The number of amides is 1. The Balaban J connectivity index is 1.29. The van der Waals surface area contributed by atoms with Crippen LogP contribution in [0.25, 0.3) is 11.1 Å². The third kappa shape index (κ3) is 3.19. The lowest BCUT2D eigenvalue weighted by atomic mass is 9.96. The van der Waals surface area contributed by atoms with Gasteiger partial charge in [-0.15, -0.1) is 0 Å². The molecule has 146 valence electrons. The highest BCUT2D eigenvalue weighted by molar-refractivity contribution is 5.79. The minimum absolute atomic E-state index is 0.0452. The summed E-state index contributed by atoms with van der Waals surface area (Å²) in [6, 6.07) is 26.5. The molecule has 5 rings (SSSR count). The molecule has 0 bridgehead atoms. The third-order valence-corrected chi connectivity index (χ3v) is 6.11. The van der Waals surface area contributed by atoms with E-state index >= 15 is 0 Å². The van der Waals surface area contributed by atoms with Crippen LogP contribution in [0, 0.1) is 0 Å². The zero-order valence-corrected chi connectivity index (χ0v) is 16.1. The summed E-state index contributed by atoms with van der Waals surface area (Å²) < 4.78 is 5.73. The second kappa shape index (κ2) is 7.37. The van der Waals surface area contributed by atoms with Gasteiger partial charge in [0.2, 0.25) is 0 Å². The topological polar surface area (TPSA) is 49.8 Å². The van der Waals surface area contributed by atoms with Crippen LogP contribution in [0.2, 0.25) is 0 Å². The normalized spacial score (nSPS) is 20.4. The summed E-state index contributed by atoms with van der Waals surface area (Å²) in [4.78, 5) is 14.4. The van der Waals surface area contributed by atoms with E-state index in [9.17, 15) is 9.90 Å². The van der Waals surface area contributed by atoms with Crippen molar-refractivity contribution in [3.05, 3.63) is 95.6 Å². The highest BCUT2D eigenvalue weighted by atomic mass is 16.6. The Morgan fingerprint density at radius 1 is 0.862 bits per heavy atom. The molecule has 1 amide bonds. The first-order chi connectivity index (χ1) is 14.2. The Morgan fingerprint density at radius 3 is 2.10 bits per heavy atom. The monoisotopic (exact) mass is 385 g/mol. The van der Waals surface area contributed by atoms with Gasteiger partial charge >= 0.3 is 6.09 Å². The maximum Gasteiger partial charge on any atom is 0.409 e. The standard InChI is InChI=1S/C25H23NO3/c27-24-15-26(14-22(24)17-8-2-1-3-9-17)25(28)29-16-23-20-12-6-4-10-18(20)19-11-5-7-13-21(19)23/h1-13,22-24,27H,14-16H2/t22-,24+/m0/s1. The molecule has 0 aromatic heterocycles. The van der Waals surface area contributed by atoms with Gasteiger partial charge in [-0.25, -0.2) is 4.79 Å². The largest absolute Gasteiger partial charge is 0.448 e. The minimum Gasteiger partial charge on any atom is -0.448 e. The van der Waals surface area contributed by atoms with Gasteiger partial charge in [0, 0.05) is 18.4 Å². The Hall–Kier alpha value is -3.11. The molecule has 29 heavy (non-hydrogen) atoms. The molecule has 1 saturated heterocycles. The van der Waals surface area contributed by atoms with Crippen molar-refractivity contribution >= 4 is 6.09 Å². The maximum absolute atomic E-state index is 12.7. The van der Waals surface area contributed by atoms with Gasteiger partial charge in [0.25, 0.3) is 0 Å². The van der Waals surface area contributed by atoms with Crippen LogP contribution in [-0.2, 0) is 4.74 Å². The van der Waals surface area contributed by atoms with E-state index in [1.165, 1.54) is 22.3 Å². The van der Waals surface area contributed by atoms with Gasteiger partial charge in [0.05, 0.1) is 12.6 Å². The predicted molar refractivity (Wildman–Crippen MR) is 112 cm³/mol. The average molecular weight is 385 g/mol. The summed E-state index contributed by atoms with van der Waals surface area (Å²) in [6.07, 6.45) is -0.928. The molecule has 1 fully saturated rings. The van der Waals surface area contributed by atoms with Gasteiger partial charge in [-0.05, 0) is 27.8 Å². The number of fused-ring (bicyclic) bond motifs is 3. The molecule has 0 unspecified atom stereocenters. The number of aliphatic hydroxyl groups is 1. The number of likely N-dealkylation sites (tertiary alicyclic amines) is 1. The highest BCUT2D eigenvalue weighted by Gasteiger charge is 2.36. The van der Waals surface area contributed by atoms with Crippen molar-refractivity contribution in [2.45, 2.75) is 17.9 Å². The maximum atomic E-state index is 12.7. The van der Waals surface area contributed by atoms with E-state index < -0.39 is 6.10 Å². The second-order valence-electron chi connectivity index (χ2n) is 7.79. The fourth-order valence-electron chi connectivity index (χ4n) is 4.65. The number of benzene rings is 3. The number of carbonyl (C=O) groups is 1. The molecule has 1 heterocycles. The highest BCUT2D eigenvalue weighted by Crippen LogP contribution is 2.44. The number of β-amino-alcohol motifs (C(OH)–C–C–N with tert-alkyl or cyclic N) is 1. The van der Waals surface area contributed by atoms with Crippen molar-refractivity contribution in [1.29, 1.82) is 0 Å². The van der Waals surface area contributed by atoms with Crippen molar-refractivity contribution in [2.75, 3.05) is 19.7 Å². The summed E-state index contributed by atoms with van der Waals surface area (Å²) in [5.41, 5.74) is 5.87. The van der Waals surface area contributed by atoms with Crippen molar-refractivity contribution in [1.82, 2.24) is 4.90 Å². The molecule has 0 spiro atoms. The summed E-state index contributed by atoms with van der Waals surface area (Å²) in [5, 5.41) is 10.5. The summed E-state index contributed by atoms with van der Waals surface area (Å²) >= 11 is 0. The van der Waals surface area contributed by atoms with Crippen LogP contribution in [0.4, 0.5) is 4.79 Å². The van der Waals surface area contributed by atoms with E-state index in [1.807, 2.05) is 54.6 Å². The van der Waals surface area contributed by atoms with Crippen LogP contribution in [0.15, 0.2) is 78.9 Å². The van der Waals surface area contributed by atoms with Gasteiger partial charge in [-0.1, -0.05) is 78.9 Å². The fraction of sp³-hybridized carbons (Fsp3) is 0.240. The number of rotatable bonds is 3. The lowest BCUT2D eigenvalue weighted by Gasteiger charge is -2.19. The fourth-order valence-corrected chi connectivity index (χ4v) is 4.65. The van der Waals surface area contributed by atoms with E-state index in [1.54, 1.807) is 4.90 Å². The van der Waals surface area contributed by atoms with Crippen LogP contribution < -0.4 is 0 Å². The molecule has 1 aliphatic carbocycles. The first-order valence-electron chi connectivity index (χ1n) is 10.1. The number of hydrogen-bond acceptors (Lipinski definition) is 3. The molecule has 2 aliphatic rings. The van der Waals surface area contributed by atoms with Crippen LogP contribution in [-0.4, -0.2) is 41.9 Å². The third-order valence-electron chi connectivity index (χ3n) is 6.11. The van der Waals surface area contributed by atoms with Crippen LogP contribution >= 0.6 is 0 Å². The first kappa shape index (κ1) is 18.0. The summed E-state index contributed by atoms with van der Waals surface area (Å²) in [7, 11) is 0. The van der Waals surface area contributed by atoms with Crippen molar-refractivity contribution in [3.8, 4) is 11.1 Å². The van der Waals surface area contributed by atoms with E-state index in [2.05, 4.69) is 24.3 Å². The summed E-state index contributed by atoms with van der Waals surface area (Å²) in [6.45, 7) is 1.08. The predicted octanol–water partition coefficient (Wildman–Crippen LogP) is 4.40. The molecule has 0 saturated carbocycles.